The average molecular weight is 478 g/mol. The van der Waals surface area contributed by atoms with Crippen LogP contribution in [0.25, 0.3) is 39.5 Å². The molecule has 5 heterocycles. The molecule has 9 heteroatoms. The van der Waals surface area contributed by atoms with Gasteiger partial charge in [0.15, 0.2) is 11.5 Å². The first-order chi connectivity index (χ1) is 17.6. The minimum atomic E-state index is -0.766. The highest BCUT2D eigenvalue weighted by Gasteiger charge is 2.29. The topological polar surface area (TPSA) is 123 Å². The van der Waals surface area contributed by atoms with Gasteiger partial charge in [0.05, 0.1) is 29.1 Å². The number of aliphatic carboxylic acids is 1. The Morgan fingerprint density at radius 3 is 2.56 bits per heavy atom. The van der Waals surface area contributed by atoms with Crippen LogP contribution in [0.15, 0.2) is 79.1 Å². The van der Waals surface area contributed by atoms with Gasteiger partial charge in [0, 0.05) is 24.8 Å². The fourth-order valence-electron chi connectivity index (χ4n) is 4.63. The molecule has 0 bridgehead atoms. The summed E-state index contributed by atoms with van der Waals surface area (Å²) >= 11 is 0. The smallest absolute Gasteiger partial charge is 0.308 e. The third-order valence-corrected chi connectivity index (χ3v) is 6.51. The van der Waals surface area contributed by atoms with Crippen LogP contribution in [0.3, 0.4) is 0 Å². The van der Waals surface area contributed by atoms with Gasteiger partial charge in [-0.05, 0) is 42.8 Å². The summed E-state index contributed by atoms with van der Waals surface area (Å²) in [6, 6.07) is 21.5. The minimum Gasteiger partial charge on any atom is -0.481 e. The largest absolute Gasteiger partial charge is 0.481 e. The molecule has 0 spiro atoms. The van der Waals surface area contributed by atoms with Gasteiger partial charge in [0.2, 0.25) is 0 Å². The summed E-state index contributed by atoms with van der Waals surface area (Å²) in [6.45, 7) is 1.12. The van der Waals surface area contributed by atoms with E-state index in [0.29, 0.717) is 42.4 Å². The molecule has 0 radical (unpaired) electrons. The predicted octanol–water partition coefficient (Wildman–Crippen LogP) is 4.04. The van der Waals surface area contributed by atoms with Crippen LogP contribution in [-0.4, -0.2) is 48.7 Å². The number of anilines is 2. The Morgan fingerprint density at radius 1 is 0.972 bits per heavy atom. The molecular weight excluding hydrogens is 454 g/mol. The van der Waals surface area contributed by atoms with Gasteiger partial charge < -0.3 is 15.7 Å². The number of hydrogen-bond acceptors (Lipinski definition) is 7. The standard InChI is InChI=1S/C27H23N7O2/c28-24-20(7-4-13-29-24)25-32-22-10-9-21(17-5-2-1-3-6-17)31-26(22)34(25)19-8-11-23(30-15-19)33-14-12-18(16-33)27(35)36/h1-11,13,15,18H,12,14,16H2,(H2,28,29)(H,35,36). The molecule has 0 saturated carbocycles. The van der Waals surface area contributed by atoms with Crippen molar-refractivity contribution in [3.8, 4) is 28.3 Å². The lowest BCUT2D eigenvalue weighted by Crippen LogP contribution is -2.23. The van der Waals surface area contributed by atoms with E-state index in [4.69, 9.17) is 15.7 Å². The first-order valence-electron chi connectivity index (χ1n) is 11.7. The van der Waals surface area contributed by atoms with Crippen molar-refractivity contribution in [3.05, 3.63) is 79.1 Å². The molecule has 1 unspecified atom stereocenters. The van der Waals surface area contributed by atoms with Crippen molar-refractivity contribution in [3.63, 3.8) is 0 Å². The molecule has 1 aliphatic rings. The first kappa shape index (κ1) is 21.7. The van der Waals surface area contributed by atoms with Gasteiger partial charge in [-0.15, -0.1) is 0 Å². The van der Waals surface area contributed by atoms with Crippen LogP contribution in [0.2, 0.25) is 0 Å². The van der Waals surface area contributed by atoms with E-state index in [-0.39, 0.29) is 5.92 Å². The van der Waals surface area contributed by atoms with Gasteiger partial charge in [0.25, 0.3) is 0 Å². The molecule has 9 nitrogen and oxygen atoms in total. The minimum absolute atomic E-state index is 0.371. The molecule has 4 aromatic heterocycles. The summed E-state index contributed by atoms with van der Waals surface area (Å²) < 4.78 is 1.94. The van der Waals surface area contributed by atoms with Gasteiger partial charge in [-0.3, -0.25) is 9.36 Å². The zero-order valence-corrected chi connectivity index (χ0v) is 19.3. The molecule has 0 amide bonds. The monoisotopic (exact) mass is 477 g/mol. The zero-order valence-electron chi connectivity index (χ0n) is 19.3. The normalized spacial score (nSPS) is 15.4. The number of fused-ring (bicyclic) bond motifs is 1. The van der Waals surface area contributed by atoms with Crippen LogP contribution in [0.1, 0.15) is 6.42 Å². The number of nitrogens with zero attached hydrogens (tertiary/aromatic N) is 6. The molecule has 1 fully saturated rings. The highest BCUT2D eigenvalue weighted by atomic mass is 16.4. The molecule has 1 aliphatic heterocycles. The number of pyridine rings is 3. The van der Waals surface area contributed by atoms with Crippen LogP contribution in [-0.2, 0) is 4.79 Å². The van der Waals surface area contributed by atoms with Crippen LogP contribution >= 0.6 is 0 Å². The molecule has 1 aromatic carbocycles. The van der Waals surface area contributed by atoms with Gasteiger partial charge in [-0.25, -0.2) is 19.9 Å². The van der Waals surface area contributed by atoms with Crippen molar-refractivity contribution in [1.29, 1.82) is 0 Å². The number of nitrogens with two attached hydrogens (primary N) is 1. The average Bonchev–Trinajstić information content (AvgIpc) is 3.55. The van der Waals surface area contributed by atoms with Gasteiger partial charge in [-0.2, -0.15) is 0 Å². The molecule has 1 saturated heterocycles. The molecular formula is C27H23N7O2. The Hall–Kier alpha value is -4.79. The number of rotatable bonds is 5. The van der Waals surface area contributed by atoms with E-state index in [1.807, 2.05) is 76.2 Å². The number of carbonyl (C=O) groups is 1. The second-order valence-corrected chi connectivity index (χ2v) is 8.76. The Morgan fingerprint density at radius 2 is 1.83 bits per heavy atom. The van der Waals surface area contributed by atoms with Crippen LogP contribution in [0.5, 0.6) is 0 Å². The summed E-state index contributed by atoms with van der Waals surface area (Å²) in [5.41, 5.74) is 10.9. The van der Waals surface area contributed by atoms with Crippen molar-refractivity contribution in [2.75, 3.05) is 23.7 Å². The summed E-state index contributed by atoms with van der Waals surface area (Å²) in [5, 5.41) is 9.33. The zero-order chi connectivity index (χ0) is 24.6. The maximum atomic E-state index is 11.4. The van der Waals surface area contributed by atoms with E-state index >= 15 is 0 Å². The van der Waals surface area contributed by atoms with E-state index in [2.05, 4.69) is 9.97 Å². The highest BCUT2D eigenvalue weighted by Crippen LogP contribution is 2.32. The second kappa shape index (κ2) is 8.77. The van der Waals surface area contributed by atoms with E-state index < -0.39 is 5.97 Å². The Labute approximate surface area is 206 Å². The molecule has 178 valence electrons. The van der Waals surface area contributed by atoms with Crippen molar-refractivity contribution in [1.82, 2.24) is 24.5 Å². The maximum Gasteiger partial charge on any atom is 0.308 e. The van der Waals surface area contributed by atoms with Crippen LogP contribution in [0.4, 0.5) is 11.6 Å². The van der Waals surface area contributed by atoms with Crippen LogP contribution in [0, 0.1) is 5.92 Å². The highest BCUT2D eigenvalue weighted by molar-refractivity contribution is 5.84. The lowest BCUT2D eigenvalue weighted by molar-refractivity contribution is -0.140. The fourth-order valence-corrected chi connectivity index (χ4v) is 4.63. The lowest BCUT2D eigenvalue weighted by atomic mass is 10.1. The molecule has 36 heavy (non-hydrogen) atoms. The van der Waals surface area contributed by atoms with Crippen LogP contribution < -0.4 is 10.6 Å². The molecule has 1 atom stereocenters. The number of nitrogen functional groups attached to an aromatic ring is 1. The number of carboxylic acid groups (broad SMARTS) is 1. The van der Waals surface area contributed by atoms with Gasteiger partial charge in [0.1, 0.15) is 17.2 Å². The molecule has 6 rings (SSSR count). The summed E-state index contributed by atoms with van der Waals surface area (Å²) in [6.07, 6.45) is 4.02. The molecule has 0 aliphatic carbocycles. The first-order valence-corrected chi connectivity index (χ1v) is 11.7. The Bertz CT molecular complexity index is 1560. The van der Waals surface area contributed by atoms with E-state index in [9.17, 15) is 9.90 Å². The van der Waals surface area contributed by atoms with Crippen molar-refractivity contribution in [2.45, 2.75) is 6.42 Å². The van der Waals surface area contributed by atoms with Crippen molar-refractivity contribution >= 4 is 28.8 Å². The number of carboxylic acids is 1. The van der Waals surface area contributed by atoms with E-state index in [1.165, 1.54) is 0 Å². The Balaban J connectivity index is 1.48. The van der Waals surface area contributed by atoms with E-state index in [1.54, 1.807) is 12.4 Å². The molecule has 5 aromatic rings. The number of imidazole rings is 1. The summed E-state index contributed by atoms with van der Waals surface area (Å²) in [4.78, 5) is 32.1. The SMILES string of the molecule is Nc1ncccc1-c1nc2ccc(-c3ccccc3)nc2n1-c1ccc(N2CCC(C(=O)O)C2)nc1. The van der Waals surface area contributed by atoms with Crippen molar-refractivity contribution in [2.24, 2.45) is 5.92 Å². The maximum absolute atomic E-state index is 11.4. The fraction of sp³-hybridized carbons (Fsp3) is 0.148. The van der Waals surface area contributed by atoms with Gasteiger partial charge >= 0.3 is 5.97 Å². The van der Waals surface area contributed by atoms with E-state index in [0.717, 1.165) is 28.3 Å². The number of aromatic nitrogens is 5. The Kier molecular flexibility index (Phi) is 5.29. The predicted molar refractivity (Wildman–Crippen MR) is 138 cm³/mol. The quantitative estimate of drug-likeness (QED) is 0.389. The lowest BCUT2D eigenvalue weighted by Gasteiger charge is -2.17. The number of benzene rings is 1. The molecule has 3 N–H and O–H groups in total. The number of hydrogen-bond donors (Lipinski definition) is 2. The van der Waals surface area contributed by atoms with Crippen molar-refractivity contribution < 1.29 is 9.90 Å². The summed E-state index contributed by atoms with van der Waals surface area (Å²) in [5.74, 6) is 0.601. The van der Waals surface area contributed by atoms with Gasteiger partial charge in [-0.1, -0.05) is 30.3 Å². The third kappa shape index (κ3) is 3.80. The summed E-state index contributed by atoms with van der Waals surface area (Å²) in [7, 11) is 0. The second-order valence-electron chi connectivity index (χ2n) is 8.76. The third-order valence-electron chi connectivity index (χ3n) is 6.51.